The largest absolute Gasteiger partial charge is 0.479 e. The Balaban J connectivity index is 1.84. The fraction of sp³-hybridized carbons (Fsp3) is 0.360. The standard InChI is InChI=1S/C25H23F2N5O3/c1-25(2,7-8-28)22-20(13-3-6-19(24(33)34)35-12-13)21-18(9-14-11-29-31-23(14)30-21)32(22)15-4-5-16(26)17(27)10-15/h4-5,9-11,13,19H,3,6-7,12H2,1-2H3,(H,33,34)(H,29,30,31)/t13-,19?/m0/s1. The van der Waals surface area contributed by atoms with Gasteiger partial charge in [-0.15, -0.1) is 0 Å². The van der Waals surface area contributed by atoms with Crippen LogP contribution in [0.25, 0.3) is 27.8 Å². The number of halogens is 2. The first-order chi connectivity index (χ1) is 16.7. The summed E-state index contributed by atoms with van der Waals surface area (Å²) in [6, 6.07) is 7.80. The average Bonchev–Trinajstić information content (AvgIpc) is 3.41. The first-order valence-corrected chi connectivity index (χ1v) is 11.3. The summed E-state index contributed by atoms with van der Waals surface area (Å²) in [7, 11) is 0. The van der Waals surface area contributed by atoms with Crippen molar-refractivity contribution in [2.75, 3.05) is 6.61 Å². The molecule has 4 heterocycles. The van der Waals surface area contributed by atoms with Gasteiger partial charge in [0.25, 0.3) is 0 Å². The van der Waals surface area contributed by atoms with E-state index in [1.54, 1.807) is 6.20 Å². The van der Waals surface area contributed by atoms with Crippen molar-refractivity contribution < 1.29 is 23.4 Å². The fourth-order valence-electron chi connectivity index (χ4n) is 4.99. The van der Waals surface area contributed by atoms with Crippen LogP contribution in [0.2, 0.25) is 0 Å². The van der Waals surface area contributed by atoms with E-state index in [-0.39, 0.29) is 18.9 Å². The summed E-state index contributed by atoms with van der Waals surface area (Å²) in [5.41, 5.74) is 3.07. The van der Waals surface area contributed by atoms with Gasteiger partial charge in [0.1, 0.15) is 0 Å². The van der Waals surface area contributed by atoms with Crippen LogP contribution in [0.5, 0.6) is 0 Å². The minimum atomic E-state index is -1.00. The molecule has 0 aliphatic carbocycles. The van der Waals surface area contributed by atoms with Crippen LogP contribution in [-0.2, 0) is 14.9 Å². The molecule has 8 nitrogen and oxygen atoms in total. The van der Waals surface area contributed by atoms with E-state index in [1.807, 2.05) is 24.5 Å². The Bertz CT molecular complexity index is 1490. The van der Waals surface area contributed by atoms with Gasteiger partial charge in [0.2, 0.25) is 0 Å². The lowest BCUT2D eigenvalue weighted by Gasteiger charge is -2.31. The van der Waals surface area contributed by atoms with Crippen molar-refractivity contribution in [2.24, 2.45) is 0 Å². The predicted molar refractivity (Wildman–Crippen MR) is 123 cm³/mol. The highest BCUT2D eigenvalue weighted by Gasteiger charge is 2.38. The second-order valence-corrected chi connectivity index (χ2v) is 9.51. The first-order valence-electron chi connectivity index (χ1n) is 11.3. The van der Waals surface area contributed by atoms with Gasteiger partial charge in [0.15, 0.2) is 23.4 Å². The van der Waals surface area contributed by atoms with Gasteiger partial charge < -0.3 is 14.4 Å². The highest BCUT2D eigenvalue weighted by Crippen LogP contribution is 2.44. The lowest BCUT2D eigenvalue weighted by molar-refractivity contribution is -0.153. The number of ether oxygens (including phenoxy) is 1. The average molecular weight is 479 g/mol. The molecule has 0 saturated carbocycles. The number of aliphatic carboxylic acids is 1. The van der Waals surface area contributed by atoms with Crippen molar-refractivity contribution in [3.8, 4) is 11.8 Å². The van der Waals surface area contributed by atoms with Crippen molar-refractivity contribution in [1.29, 1.82) is 5.26 Å². The third-order valence-electron chi connectivity index (χ3n) is 6.66. The van der Waals surface area contributed by atoms with Gasteiger partial charge in [-0.2, -0.15) is 10.4 Å². The SMILES string of the molecule is CC(C)(CC#N)c1c([C@H]2CCC(C(=O)O)OC2)c2nc3[nH]ncc3cc2n1-c1ccc(F)c(F)c1. The van der Waals surface area contributed by atoms with Gasteiger partial charge in [-0.05, 0) is 31.0 Å². The maximum atomic E-state index is 14.4. The maximum Gasteiger partial charge on any atom is 0.332 e. The van der Waals surface area contributed by atoms with Gasteiger partial charge >= 0.3 is 5.97 Å². The van der Waals surface area contributed by atoms with E-state index in [1.165, 1.54) is 6.07 Å². The number of hydrogen-bond donors (Lipinski definition) is 2. The zero-order chi connectivity index (χ0) is 24.9. The van der Waals surface area contributed by atoms with Crippen molar-refractivity contribution in [2.45, 2.75) is 50.5 Å². The number of carboxylic acid groups (broad SMARTS) is 1. The highest BCUT2D eigenvalue weighted by atomic mass is 19.2. The number of pyridine rings is 1. The number of hydrogen-bond acceptors (Lipinski definition) is 5. The minimum Gasteiger partial charge on any atom is -0.479 e. The van der Waals surface area contributed by atoms with E-state index >= 15 is 0 Å². The van der Waals surface area contributed by atoms with Crippen molar-refractivity contribution in [1.82, 2.24) is 19.7 Å². The molecule has 35 heavy (non-hydrogen) atoms. The van der Waals surface area contributed by atoms with Crippen molar-refractivity contribution in [3.63, 3.8) is 0 Å². The summed E-state index contributed by atoms with van der Waals surface area (Å²) in [6.45, 7) is 4.00. The number of carboxylic acids is 1. The molecular formula is C25H23F2N5O3. The molecule has 1 aliphatic rings. The molecule has 2 N–H and O–H groups in total. The Kier molecular flexibility index (Phi) is 5.52. The van der Waals surface area contributed by atoms with Crippen LogP contribution in [0.3, 0.4) is 0 Å². The molecule has 2 atom stereocenters. The van der Waals surface area contributed by atoms with Crippen LogP contribution in [0.4, 0.5) is 8.78 Å². The van der Waals surface area contributed by atoms with E-state index in [4.69, 9.17) is 9.72 Å². The molecule has 4 aromatic rings. The van der Waals surface area contributed by atoms with E-state index < -0.39 is 29.1 Å². The molecule has 0 bridgehead atoms. The van der Waals surface area contributed by atoms with E-state index in [2.05, 4.69) is 16.3 Å². The van der Waals surface area contributed by atoms with E-state index in [9.17, 15) is 23.9 Å². The second-order valence-electron chi connectivity index (χ2n) is 9.51. The molecule has 1 unspecified atom stereocenters. The molecule has 3 aromatic heterocycles. The molecule has 180 valence electrons. The van der Waals surface area contributed by atoms with E-state index in [0.29, 0.717) is 35.2 Å². The van der Waals surface area contributed by atoms with Gasteiger partial charge in [0.05, 0.1) is 29.9 Å². The number of carbonyl (C=O) groups is 1. The van der Waals surface area contributed by atoms with Crippen LogP contribution in [0.15, 0.2) is 30.5 Å². The van der Waals surface area contributed by atoms with Crippen molar-refractivity contribution >= 4 is 28.0 Å². The quantitative estimate of drug-likeness (QED) is 0.428. The number of benzene rings is 1. The topological polar surface area (TPSA) is 117 Å². The number of nitrogens with zero attached hydrogens (tertiary/aromatic N) is 4. The monoisotopic (exact) mass is 479 g/mol. The maximum absolute atomic E-state index is 14.4. The number of nitriles is 1. The van der Waals surface area contributed by atoms with Gasteiger partial charge in [-0.25, -0.2) is 18.6 Å². The Morgan fingerprint density at radius 2 is 2.11 bits per heavy atom. The normalized spacial score (nSPS) is 18.7. The lowest BCUT2D eigenvalue weighted by Crippen LogP contribution is -2.32. The summed E-state index contributed by atoms with van der Waals surface area (Å²) in [6.07, 6.45) is 1.76. The fourth-order valence-corrected chi connectivity index (χ4v) is 4.99. The molecule has 1 fully saturated rings. The van der Waals surface area contributed by atoms with Crippen LogP contribution in [-0.4, -0.2) is 43.5 Å². The Morgan fingerprint density at radius 3 is 2.77 bits per heavy atom. The third-order valence-corrected chi connectivity index (χ3v) is 6.66. The Morgan fingerprint density at radius 1 is 1.31 bits per heavy atom. The minimum absolute atomic E-state index is 0.157. The smallest absolute Gasteiger partial charge is 0.332 e. The lowest BCUT2D eigenvalue weighted by atomic mass is 9.79. The molecule has 10 heteroatoms. The van der Waals surface area contributed by atoms with Crippen LogP contribution in [0.1, 0.15) is 50.3 Å². The van der Waals surface area contributed by atoms with Gasteiger partial charge in [-0.1, -0.05) is 13.8 Å². The first kappa shape index (κ1) is 22.9. The zero-order valence-corrected chi connectivity index (χ0v) is 19.2. The van der Waals surface area contributed by atoms with Crippen LogP contribution >= 0.6 is 0 Å². The predicted octanol–water partition coefficient (Wildman–Crippen LogP) is 4.72. The summed E-state index contributed by atoms with van der Waals surface area (Å²) >= 11 is 0. The summed E-state index contributed by atoms with van der Waals surface area (Å²) in [5.74, 6) is -3.16. The summed E-state index contributed by atoms with van der Waals surface area (Å²) in [5, 5.41) is 26.6. The third kappa shape index (κ3) is 3.82. The highest BCUT2D eigenvalue weighted by molar-refractivity contribution is 5.94. The number of H-pyrrole nitrogens is 1. The molecule has 0 amide bonds. The number of aromatic amines is 1. The van der Waals surface area contributed by atoms with E-state index in [0.717, 1.165) is 28.8 Å². The van der Waals surface area contributed by atoms with Crippen molar-refractivity contribution in [3.05, 3.63) is 53.4 Å². The molecule has 0 radical (unpaired) electrons. The van der Waals surface area contributed by atoms with Crippen LogP contribution in [0, 0.1) is 23.0 Å². The Hall–Kier alpha value is -3.84. The molecule has 0 spiro atoms. The number of aromatic nitrogens is 4. The number of nitrogens with one attached hydrogen (secondary N) is 1. The molecule has 1 aliphatic heterocycles. The molecule has 1 saturated heterocycles. The molecule has 5 rings (SSSR count). The van der Waals surface area contributed by atoms with Gasteiger partial charge in [0, 0.05) is 46.2 Å². The molecule has 1 aromatic carbocycles. The summed E-state index contributed by atoms with van der Waals surface area (Å²) < 4.78 is 35.7. The van der Waals surface area contributed by atoms with Gasteiger partial charge in [-0.3, -0.25) is 5.10 Å². The zero-order valence-electron chi connectivity index (χ0n) is 19.2. The molecular weight excluding hydrogens is 456 g/mol. The number of fused-ring (bicyclic) bond motifs is 2. The second kappa shape index (κ2) is 8.43. The Labute approximate surface area is 199 Å². The van der Waals surface area contributed by atoms with Crippen LogP contribution < -0.4 is 0 Å². The number of rotatable bonds is 5. The summed E-state index contributed by atoms with van der Waals surface area (Å²) in [4.78, 5) is 16.3.